The van der Waals surface area contributed by atoms with Crippen LogP contribution in [0, 0.1) is 50.2 Å². The number of aliphatic hydroxyl groups excluding tert-OH is 18. The van der Waals surface area contributed by atoms with Crippen molar-refractivity contribution in [3.05, 3.63) is 11.6 Å². The number of esters is 1. The molecule has 0 aromatic heterocycles. The van der Waals surface area contributed by atoms with Gasteiger partial charge < -0.3 is 149 Å². The molecule has 6 aliphatic heterocycles. The summed E-state index contributed by atoms with van der Waals surface area (Å²) >= 11 is 0. The Morgan fingerprint density at radius 3 is 1.71 bits per heavy atom. The molecule has 0 spiro atoms. The molecule has 552 valence electrons. The van der Waals surface area contributed by atoms with E-state index < -0.39 is 244 Å². The lowest BCUT2D eigenvalue weighted by molar-refractivity contribution is -0.382. The first-order valence-electron chi connectivity index (χ1n) is 34.1. The largest absolute Gasteiger partial charge is 0.432 e. The number of rotatable bonds is 15. The molecule has 6 heterocycles. The summed E-state index contributed by atoms with van der Waals surface area (Å²) in [7, 11) is 0. The molecule has 10 fully saturated rings. The first-order chi connectivity index (χ1) is 44.9. The normalized spacial score (nSPS) is 54.9. The zero-order chi connectivity index (χ0) is 70.2. The smallest absolute Gasteiger partial charge is 0.317 e. The topological polar surface area (TPSA) is 492 Å². The van der Waals surface area contributed by atoms with Crippen molar-refractivity contribution in [2.24, 2.45) is 50.2 Å². The van der Waals surface area contributed by atoms with Crippen molar-refractivity contribution in [3.8, 4) is 0 Å². The summed E-state index contributed by atoms with van der Waals surface area (Å²) in [6.45, 7) is 15.5. The van der Waals surface area contributed by atoms with E-state index in [4.69, 9.17) is 56.8 Å². The molecule has 18 N–H and O–H groups in total. The second-order valence-corrected chi connectivity index (χ2v) is 31.6. The second kappa shape index (κ2) is 27.9. The van der Waals surface area contributed by atoms with Gasteiger partial charge in [-0.15, -0.1) is 0 Å². The minimum atomic E-state index is -1.99. The average Bonchev–Trinajstić information content (AvgIpc) is 0.671. The molecule has 5 aliphatic carbocycles. The Hall–Kier alpha value is -1.95. The lowest BCUT2D eigenvalue weighted by atomic mass is 9.33. The van der Waals surface area contributed by atoms with Crippen LogP contribution in [0.4, 0.5) is 0 Å². The van der Waals surface area contributed by atoms with E-state index in [1.54, 1.807) is 0 Å². The Morgan fingerprint density at radius 2 is 1.05 bits per heavy atom. The molecule has 96 heavy (non-hydrogen) atoms. The number of fused-ring (bicyclic) bond motifs is 7. The molecule has 6 saturated heterocycles. The molecule has 11 aliphatic rings. The molecule has 4 saturated carbocycles. The quantitative estimate of drug-likeness (QED) is 0.0416. The van der Waals surface area contributed by atoms with E-state index >= 15 is 4.79 Å². The summed E-state index contributed by atoms with van der Waals surface area (Å²) in [5, 5.41) is 197. The van der Waals surface area contributed by atoms with Crippen LogP contribution in [0.1, 0.15) is 120 Å². The summed E-state index contributed by atoms with van der Waals surface area (Å²) in [4.78, 5) is 15.4. The fraction of sp³-hybridized carbons (Fsp3) is 0.954. The maximum atomic E-state index is 15.4. The zero-order valence-electron chi connectivity index (χ0n) is 55.8. The third-order valence-corrected chi connectivity index (χ3v) is 25.2. The Labute approximate surface area is 556 Å². The Bertz CT molecular complexity index is 2710. The monoisotopic (exact) mass is 1380 g/mol. The van der Waals surface area contributed by atoms with Crippen molar-refractivity contribution < 1.29 is 154 Å². The van der Waals surface area contributed by atoms with E-state index in [2.05, 4.69) is 54.5 Å². The predicted molar refractivity (Wildman–Crippen MR) is 321 cm³/mol. The van der Waals surface area contributed by atoms with E-state index in [-0.39, 0.29) is 42.1 Å². The molecule has 31 nitrogen and oxygen atoms in total. The third-order valence-electron chi connectivity index (χ3n) is 25.2. The number of carbonyl (C=O) groups excluding carboxylic acids is 1. The van der Waals surface area contributed by atoms with E-state index in [9.17, 15) is 91.9 Å². The van der Waals surface area contributed by atoms with Gasteiger partial charge in [0.2, 0.25) is 6.29 Å². The number of aliphatic hydroxyl groups is 18. The van der Waals surface area contributed by atoms with Crippen molar-refractivity contribution in [1.82, 2.24) is 0 Å². The first kappa shape index (κ1) is 75.2. The summed E-state index contributed by atoms with van der Waals surface area (Å²) in [6, 6.07) is 0. The van der Waals surface area contributed by atoms with Gasteiger partial charge in [0.15, 0.2) is 31.5 Å². The van der Waals surface area contributed by atoms with Gasteiger partial charge in [0.05, 0.1) is 50.8 Å². The standard InChI is InChI=1S/C65H106O31/c1-24-36(70)41(75)45(79)54(87-24)93-50-30(21-67)90-53(48(82)44(50)78)86-23-31-40(74)43(77)47(81)56(91-31)96-59(84)65-17-16-60(3,4)18-27(65)26-10-11-33-62(7)14-13-35(61(5,6)32(62)12-15-63(33,8)64(26,9)19-34(65)69)92-58-52(38(72)28(68)22-85-58)95-57-49(83)51(37(71)25(2)88-57)94-55-46(80)42(76)39(73)29(20-66)89-55/h10,24-25,27-58,66-83H,11-23H2,1-9H3/t24-,25-,27-,28-,29+,30+,31+,32-,33+,34+,35-,36-,37-,38-,39+,40+,41+,42-,43-,44+,45+,46+,47+,48+,49+,50+,51+,52+,53+,54-,55-,56-,57-,58-,62-,63+,64+,65+/m0/s1. The fourth-order valence-electron chi connectivity index (χ4n) is 19.1. The number of carbonyl (C=O) groups is 1. The van der Waals surface area contributed by atoms with Gasteiger partial charge in [-0.25, -0.2) is 0 Å². The molecule has 11 rings (SSSR count). The molecular weight excluding hydrogens is 1280 g/mol. The van der Waals surface area contributed by atoms with Crippen molar-refractivity contribution in [2.45, 2.75) is 310 Å². The molecule has 31 heteroatoms. The van der Waals surface area contributed by atoms with Crippen LogP contribution >= 0.6 is 0 Å². The Kier molecular flexibility index (Phi) is 21.9. The van der Waals surface area contributed by atoms with E-state index in [0.717, 1.165) is 12.0 Å². The van der Waals surface area contributed by atoms with E-state index in [1.165, 1.54) is 13.8 Å². The summed E-state index contributed by atoms with van der Waals surface area (Å²) in [5.41, 5.74) is -2.87. The van der Waals surface area contributed by atoms with Gasteiger partial charge in [-0.2, -0.15) is 0 Å². The van der Waals surface area contributed by atoms with E-state index in [1.807, 2.05) is 0 Å². The van der Waals surface area contributed by atoms with Crippen molar-refractivity contribution in [3.63, 3.8) is 0 Å². The van der Waals surface area contributed by atoms with Crippen LogP contribution < -0.4 is 0 Å². The number of allylic oxidation sites excluding steroid dienone is 2. The predicted octanol–water partition coefficient (Wildman–Crippen LogP) is -4.72. The molecule has 0 radical (unpaired) electrons. The van der Waals surface area contributed by atoms with Crippen molar-refractivity contribution >= 4 is 5.97 Å². The highest BCUT2D eigenvalue weighted by molar-refractivity contribution is 5.80. The van der Waals surface area contributed by atoms with Crippen LogP contribution in [0.3, 0.4) is 0 Å². The van der Waals surface area contributed by atoms with Crippen LogP contribution in [0.5, 0.6) is 0 Å². The van der Waals surface area contributed by atoms with Gasteiger partial charge in [-0.1, -0.05) is 60.1 Å². The van der Waals surface area contributed by atoms with Crippen LogP contribution in [0.25, 0.3) is 0 Å². The molecule has 38 atom stereocenters. The minimum absolute atomic E-state index is 0.0257. The number of hydrogen-bond acceptors (Lipinski definition) is 31. The Balaban J connectivity index is 0.772. The highest BCUT2D eigenvalue weighted by Crippen LogP contribution is 2.76. The summed E-state index contributed by atoms with van der Waals surface area (Å²) in [6.07, 6.45) is -42.7. The van der Waals surface area contributed by atoms with E-state index in [0.29, 0.717) is 38.5 Å². The van der Waals surface area contributed by atoms with Crippen LogP contribution in [-0.2, 0) is 61.6 Å². The number of hydrogen-bond donors (Lipinski definition) is 18. The summed E-state index contributed by atoms with van der Waals surface area (Å²) < 4.78 is 71.3. The molecule has 0 aromatic rings. The van der Waals surface area contributed by atoms with Crippen LogP contribution in [-0.4, -0.2) is 315 Å². The maximum Gasteiger partial charge on any atom is 0.317 e. The van der Waals surface area contributed by atoms with Gasteiger partial charge in [-0.05, 0) is 116 Å². The SMILES string of the molecule is C[C@@H]1O[C@@H](O[C@H]2[C@H](O)[C@@H](O)[C@H](OC[C@H]3O[C@@H](OC(=O)[C@]45CCC(C)(C)C[C@H]4C4=CC[C@@H]6[C@@]7(C)CC[C@H](O[C@@H]8OC[C@H](O)[C@H](O)[C@H]8O[C@@H]8O[C@@H](C)[C@H](O)[C@@H](O[C@@H]9O[C@H](CO)[C@@H](O)[C@H](O)[C@H]9O)[C@H]8O)C(C)(C)[C@@H]7CC[C@@]6(C)[C@]4(C)C[C@H]5O)[C@H](O)[C@@H](O)[C@@H]3O)O[C@@H]2CO)[C@H](O)[C@H](O)[C@H]1O. The highest BCUT2D eigenvalue weighted by Gasteiger charge is 2.72. The van der Waals surface area contributed by atoms with Crippen LogP contribution in [0.2, 0.25) is 0 Å². The zero-order valence-corrected chi connectivity index (χ0v) is 55.8. The van der Waals surface area contributed by atoms with Gasteiger partial charge in [0, 0.05) is 0 Å². The lowest BCUT2D eigenvalue weighted by Crippen LogP contribution is -2.68. The molecule has 0 unspecified atom stereocenters. The van der Waals surface area contributed by atoms with Gasteiger partial charge >= 0.3 is 5.97 Å². The van der Waals surface area contributed by atoms with Crippen LogP contribution in [0.15, 0.2) is 11.6 Å². The lowest BCUT2D eigenvalue weighted by Gasteiger charge is -2.71. The molecular formula is C65H106O31. The second-order valence-electron chi connectivity index (χ2n) is 31.6. The van der Waals surface area contributed by atoms with Crippen molar-refractivity contribution in [1.29, 1.82) is 0 Å². The first-order valence-corrected chi connectivity index (χ1v) is 34.1. The third kappa shape index (κ3) is 12.7. The highest BCUT2D eigenvalue weighted by atomic mass is 16.8. The maximum absolute atomic E-state index is 15.4. The molecule has 0 amide bonds. The molecule has 0 bridgehead atoms. The average molecular weight is 1380 g/mol. The number of ether oxygens (including phenoxy) is 12. The van der Waals surface area contributed by atoms with Gasteiger partial charge in [-0.3, -0.25) is 4.79 Å². The minimum Gasteiger partial charge on any atom is -0.432 e. The summed E-state index contributed by atoms with van der Waals surface area (Å²) in [5.74, 6) is -1.36. The van der Waals surface area contributed by atoms with Gasteiger partial charge in [0.1, 0.15) is 134 Å². The van der Waals surface area contributed by atoms with Crippen molar-refractivity contribution in [2.75, 3.05) is 26.4 Å². The fourth-order valence-corrected chi connectivity index (χ4v) is 19.1. The molecule has 0 aromatic carbocycles. The van der Waals surface area contributed by atoms with Gasteiger partial charge in [0.25, 0.3) is 0 Å². The Morgan fingerprint density at radius 1 is 0.500 bits per heavy atom.